The van der Waals surface area contributed by atoms with Crippen LogP contribution in [0.5, 0.6) is 11.5 Å². The number of carbonyl (C=O) groups is 1. The van der Waals surface area contributed by atoms with Gasteiger partial charge in [0.2, 0.25) is 5.91 Å². The van der Waals surface area contributed by atoms with Gasteiger partial charge in [-0.1, -0.05) is 28.1 Å². The number of hydrogen-bond donors (Lipinski definition) is 1. The van der Waals surface area contributed by atoms with Crippen LogP contribution in [0.2, 0.25) is 0 Å². The highest BCUT2D eigenvalue weighted by atomic mass is 79.9. The lowest BCUT2D eigenvalue weighted by Gasteiger charge is -2.18. The second kappa shape index (κ2) is 9.10. The molecule has 1 aromatic heterocycles. The van der Waals surface area contributed by atoms with Crippen LogP contribution in [-0.2, 0) is 17.8 Å². The molecule has 7 heteroatoms. The van der Waals surface area contributed by atoms with Gasteiger partial charge < -0.3 is 19.4 Å². The Kier molecular flexibility index (Phi) is 6.57. The molecule has 0 aliphatic carbocycles. The summed E-state index contributed by atoms with van der Waals surface area (Å²) in [4.78, 5) is 22.2. The standard InChI is InChI=1S/C21H24BrN3O3/c1-4-27-18-10-14(15(22)12-19(18)28-5-2)11-21(26)25(3)13-20-23-16-8-6-7-9-17(16)24-20/h6-10,12H,4-5,11,13H2,1-3H3,(H,23,24). The lowest BCUT2D eigenvalue weighted by Crippen LogP contribution is -2.28. The molecule has 1 N–H and O–H groups in total. The number of para-hydroxylation sites is 2. The number of nitrogens with zero attached hydrogens (tertiary/aromatic N) is 2. The fourth-order valence-electron chi connectivity index (χ4n) is 2.94. The number of amides is 1. The third kappa shape index (κ3) is 4.65. The Balaban J connectivity index is 1.73. The van der Waals surface area contributed by atoms with E-state index in [2.05, 4.69) is 25.9 Å². The molecular weight excluding hydrogens is 422 g/mol. The van der Waals surface area contributed by atoms with E-state index in [9.17, 15) is 4.79 Å². The van der Waals surface area contributed by atoms with Crippen molar-refractivity contribution in [3.8, 4) is 11.5 Å². The van der Waals surface area contributed by atoms with Gasteiger partial charge in [0.05, 0.1) is 37.2 Å². The van der Waals surface area contributed by atoms with Crippen molar-refractivity contribution in [3.05, 3.63) is 52.3 Å². The molecule has 1 amide bonds. The molecule has 6 nitrogen and oxygen atoms in total. The lowest BCUT2D eigenvalue weighted by molar-refractivity contribution is -0.129. The number of nitrogens with one attached hydrogen (secondary N) is 1. The Morgan fingerprint density at radius 2 is 1.82 bits per heavy atom. The number of halogens is 1. The molecule has 0 spiro atoms. The van der Waals surface area contributed by atoms with Gasteiger partial charge in [-0.05, 0) is 43.7 Å². The van der Waals surface area contributed by atoms with E-state index in [0.29, 0.717) is 31.3 Å². The summed E-state index contributed by atoms with van der Waals surface area (Å²) in [6, 6.07) is 11.5. The van der Waals surface area contributed by atoms with Crippen LogP contribution in [0.3, 0.4) is 0 Å². The van der Waals surface area contributed by atoms with Crippen LogP contribution < -0.4 is 9.47 Å². The van der Waals surface area contributed by atoms with Crippen molar-refractivity contribution < 1.29 is 14.3 Å². The van der Waals surface area contributed by atoms with Crippen LogP contribution in [0.4, 0.5) is 0 Å². The number of aromatic nitrogens is 2. The topological polar surface area (TPSA) is 67.5 Å². The molecule has 28 heavy (non-hydrogen) atoms. The number of rotatable bonds is 8. The molecule has 0 fully saturated rings. The number of carbonyl (C=O) groups excluding carboxylic acids is 1. The molecular formula is C21H24BrN3O3. The molecule has 3 rings (SSSR count). The summed E-state index contributed by atoms with van der Waals surface area (Å²) in [5.74, 6) is 2.07. The van der Waals surface area contributed by atoms with Gasteiger partial charge in [-0.2, -0.15) is 0 Å². The third-order valence-corrected chi connectivity index (χ3v) is 5.04. The minimum atomic E-state index is -0.00670. The first-order valence-corrected chi connectivity index (χ1v) is 10.1. The van der Waals surface area contributed by atoms with Crippen LogP contribution in [0, 0.1) is 0 Å². The van der Waals surface area contributed by atoms with Gasteiger partial charge in [0.15, 0.2) is 11.5 Å². The molecule has 2 aromatic carbocycles. The fourth-order valence-corrected chi connectivity index (χ4v) is 3.40. The number of likely N-dealkylation sites (N-methyl/N-ethyl adjacent to an activating group) is 1. The maximum absolute atomic E-state index is 12.8. The average Bonchev–Trinajstić information content (AvgIpc) is 3.07. The average molecular weight is 446 g/mol. The summed E-state index contributed by atoms with van der Waals surface area (Å²) in [6.45, 7) is 5.34. The van der Waals surface area contributed by atoms with Crippen molar-refractivity contribution in [3.63, 3.8) is 0 Å². The van der Waals surface area contributed by atoms with Crippen molar-refractivity contribution in [2.24, 2.45) is 0 Å². The fraction of sp³-hybridized carbons (Fsp3) is 0.333. The van der Waals surface area contributed by atoms with E-state index in [0.717, 1.165) is 26.9 Å². The van der Waals surface area contributed by atoms with Crippen molar-refractivity contribution in [1.29, 1.82) is 0 Å². The van der Waals surface area contributed by atoms with Crippen LogP contribution in [0.15, 0.2) is 40.9 Å². The highest BCUT2D eigenvalue weighted by Crippen LogP contribution is 2.34. The van der Waals surface area contributed by atoms with Gasteiger partial charge in [0.25, 0.3) is 0 Å². The first-order chi connectivity index (χ1) is 13.5. The Morgan fingerprint density at radius 3 is 2.50 bits per heavy atom. The number of benzene rings is 2. The molecule has 0 bridgehead atoms. The van der Waals surface area contributed by atoms with Gasteiger partial charge in [0.1, 0.15) is 5.82 Å². The van der Waals surface area contributed by atoms with Gasteiger partial charge in [-0.3, -0.25) is 4.79 Å². The van der Waals surface area contributed by atoms with E-state index in [1.54, 1.807) is 11.9 Å². The van der Waals surface area contributed by atoms with Gasteiger partial charge in [-0.15, -0.1) is 0 Å². The first kappa shape index (κ1) is 20.2. The van der Waals surface area contributed by atoms with Gasteiger partial charge in [-0.25, -0.2) is 4.98 Å². The SMILES string of the molecule is CCOc1cc(Br)c(CC(=O)N(C)Cc2nc3ccccc3[nH]2)cc1OCC. The maximum atomic E-state index is 12.8. The van der Waals surface area contributed by atoms with Gasteiger partial charge in [0, 0.05) is 11.5 Å². The molecule has 0 saturated heterocycles. The largest absolute Gasteiger partial charge is 0.490 e. The summed E-state index contributed by atoms with van der Waals surface area (Å²) < 4.78 is 12.1. The molecule has 0 radical (unpaired) electrons. The van der Waals surface area contributed by atoms with Crippen LogP contribution in [-0.4, -0.2) is 41.0 Å². The Labute approximate surface area is 173 Å². The molecule has 0 aliphatic heterocycles. The van der Waals surface area contributed by atoms with E-state index < -0.39 is 0 Å². The smallest absolute Gasteiger partial charge is 0.227 e. The Morgan fingerprint density at radius 1 is 1.14 bits per heavy atom. The summed E-state index contributed by atoms with van der Waals surface area (Å²) in [7, 11) is 1.78. The van der Waals surface area contributed by atoms with Crippen LogP contribution in [0.25, 0.3) is 11.0 Å². The monoisotopic (exact) mass is 445 g/mol. The molecule has 0 saturated carbocycles. The zero-order valence-electron chi connectivity index (χ0n) is 16.3. The summed E-state index contributed by atoms with van der Waals surface area (Å²) in [6.07, 6.45) is 0.254. The Bertz CT molecular complexity index is 938. The first-order valence-electron chi connectivity index (χ1n) is 9.27. The second-order valence-corrected chi connectivity index (χ2v) is 7.24. The quantitative estimate of drug-likeness (QED) is 0.560. The number of hydrogen-bond acceptors (Lipinski definition) is 4. The van der Waals surface area contributed by atoms with Crippen LogP contribution >= 0.6 is 15.9 Å². The van der Waals surface area contributed by atoms with Gasteiger partial charge >= 0.3 is 0 Å². The van der Waals surface area contributed by atoms with E-state index in [1.807, 2.05) is 50.2 Å². The molecule has 0 atom stereocenters. The van der Waals surface area contributed by atoms with Crippen molar-refractivity contribution in [2.45, 2.75) is 26.8 Å². The molecule has 3 aromatic rings. The van der Waals surface area contributed by atoms with Crippen molar-refractivity contribution in [1.82, 2.24) is 14.9 Å². The number of imidazole rings is 1. The predicted octanol–water partition coefficient (Wildman–Crippen LogP) is 4.32. The summed E-state index contributed by atoms with van der Waals surface area (Å²) in [5.41, 5.74) is 2.72. The highest BCUT2D eigenvalue weighted by molar-refractivity contribution is 9.10. The number of ether oxygens (including phenoxy) is 2. The van der Waals surface area contributed by atoms with Crippen LogP contribution in [0.1, 0.15) is 25.2 Å². The van der Waals surface area contributed by atoms with E-state index in [4.69, 9.17) is 9.47 Å². The number of fused-ring (bicyclic) bond motifs is 1. The lowest BCUT2D eigenvalue weighted by atomic mass is 10.1. The minimum absolute atomic E-state index is 0.00670. The number of H-pyrrole nitrogens is 1. The Hall–Kier alpha value is -2.54. The molecule has 0 unspecified atom stereocenters. The summed E-state index contributed by atoms with van der Waals surface area (Å²) >= 11 is 3.55. The molecule has 1 heterocycles. The second-order valence-electron chi connectivity index (χ2n) is 6.38. The zero-order valence-corrected chi connectivity index (χ0v) is 17.9. The highest BCUT2D eigenvalue weighted by Gasteiger charge is 2.17. The number of aromatic amines is 1. The van der Waals surface area contributed by atoms with E-state index in [1.165, 1.54) is 0 Å². The van der Waals surface area contributed by atoms with E-state index >= 15 is 0 Å². The van der Waals surface area contributed by atoms with Crippen molar-refractivity contribution >= 4 is 32.9 Å². The maximum Gasteiger partial charge on any atom is 0.227 e. The third-order valence-electron chi connectivity index (χ3n) is 4.31. The molecule has 148 valence electrons. The molecule has 0 aliphatic rings. The minimum Gasteiger partial charge on any atom is -0.490 e. The van der Waals surface area contributed by atoms with E-state index in [-0.39, 0.29) is 12.3 Å². The predicted molar refractivity (Wildman–Crippen MR) is 113 cm³/mol. The summed E-state index contributed by atoms with van der Waals surface area (Å²) in [5, 5.41) is 0. The normalized spacial score (nSPS) is 10.9. The zero-order chi connectivity index (χ0) is 20.1. The van der Waals surface area contributed by atoms with Crippen molar-refractivity contribution in [2.75, 3.05) is 20.3 Å².